The zero-order valence-electron chi connectivity index (χ0n) is 12.3. The fourth-order valence-corrected chi connectivity index (χ4v) is 2.27. The van der Waals surface area contributed by atoms with Crippen molar-refractivity contribution in [3.8, 4) is 5.75 Å². The van der Waals surface area contributed by atoms with E-state index in [0.29, 0.717) is 11.3 Å². The molecule has 0 saturated carbocycles. The summed E-state index contributed by atoms with van der Waals surface area (Å²) in [7, 11) is 3.55. The summed E-state index contributed by atoms with van der Waals surface area (Å²) in [5.41, 5.74) is 6.08. The van der Waals surface area contributed by atoms with Crippen molar-refractivity contribution in [2.45, 2.75) is 12.8 Å². The molecule has 1 aliphatic rings. The Kier molecular flexibility index (Phi) is 4.74. The Labute approximate surface area is 124 Å². The topological polar surface area (TPSA) is 108 Å². The maximum Gasteiger partial charge on any atom is 0.222 e. The summed E-state index contributed by atoms with van der Waals surface area (Å²) in [4.78, 5) is 6.18. The second kappa shape index (κ2) is 6.53. The second-order valence-corrected chi connectivity index (χ2v) is 5.18. The molecule has 2 heterocycles. The van der Waals surface area contributed by atoms with Gasteiger partial charge in [-0.3, -0.25) is 10.8 Å². The third-order valence-corrected chi connectivity index (χ3v) is 3.67. The number of aromatic nitrogens is 1. The maximum absolute atomic E-state index is 8.01. The number of nitrogen functional groups attached to an aromatic ring is 1. The number of nitrogens with one attached hydrogen (secondary N) is 2. The third kappa shape index (κ3) is 3.69. The molecular formula is C14H21N5O2. The van der Waals surface area contributed by atoms with E-state index >= 15 is 0 Å². The Bertz CT molecular complexity index is 538. The monoisotopic (exact) mass is 291 g/mol. The van der Waals surface area contributed by atoms with Gasteiger partial charge in [0.2, 0.25) is 5.90 Å². The van der Waals surface area contributed by atoms with Crippen LogP contribution in [0, 0.1) is 16.7 Å². The number of nitrogens with two attached hydrogens (primary N) is 1. The highest BCUT2D eigenvalue weighted by Crippen LogP contribution is 2.21. The summed E-state index contributed by atoms with van der Waals surface area (Å²) in [5, 5.41) is 16.0. The van der Waals surface area contributed by atoms with Crippen LogP contribution in [-0.4, -0.2) is 48.9 Å². The molecule has 0 amide bonds. The first-order valence-electron chi connectivity index (χ1n) is 6.84. The molecule has 21 heavy (non-hydrogen) atoms. The highest BCUT2D eigenvalue weighted by atomic mass is 16.5. The molecule has 1 saturated heterocycles. The van der Waals surface area contributed by atoms with Crippen LogP contribution in [0.3, 0.4) is 0 Å². The number of likely N-dealkylation sites (tertiary alicyclic amines) is 1. The van der Waals surface area contributed by atoms with Crippen LogP contribution in [0.1, 0.15) is 18.4 Å². The van der Waals surface area contributed by atoms with Crippen LogP contribution in [0.5, 0.6) is 5.75 Å². The molecule has 0 spiro atoms. The minimum absolute atomic E-state index is 0.0742. The molecule has 1 aromatic rings. The van der Waals surface area contributed by atoms with Crippen molar-refractivity contribution < 1.29 is 9.47 Å². The molecule has 1 aliphatic heterocycles. The van der Waals surface area contributed by atoms with Crippen LogP contribution in [0.25, 0.3) is 0 Å². The lowest BCUT2D eigenvalue weighted by molar-refractivity contribution is 0.240. The van der Waals surface area contributed by atoms with E-state index < -0.39 is 0 Å². The molecule has 1 fully saturated rings. The average molecular weight is 291 g/mol. The van der Waals surface area contributed by atoms with E-state index in [9.17, 15) is 0 Å². The van der Waals surface area contributed by atoms with Crippen LogP contribution in [0.2, 0.25) is 0 Å². The molecule has 0 unspecified atom stereocenters. The normalized spacial score (nSPS) is 16.5. The van der Waals surface area contributed by atoms with Gasteiger partial charge in [-0.25, -0.2) is 4.98 Å². The number of ether oxygens (including phenoxy) is 2. The fraction of sp³-hybridized carbons (Fsp3) is 0.500. The number of piperidine rings is 1. The smallest absolute Gasteiger partial charge is 0.222 e. The van der Waals surface area contributed by atoms with Gasteiger partial charge in [0, 0.05) is 12.1 Å². The summed E-state index contributed by atoms with van der Waals surface area (Å²) in [6.07, 6.45) is 3.21. The van der Waals surface area contributed by atoms with Gasteiger partial charge in [0.15, 0.2) is 17.5 Å². The summed E-state index contributed by atoms with van der Waals surface area (Å²) in [5.74, 6) is 0.768. The Morgan fingerprint density at radius 2 is 2.05 bits per heavy atom. The van der Waals surface area contributed by atoms with Crippen molar-refractivity contribution in [1.29, 1.82) is 10.8 Å². The van der Waals surface area contributed by atoms with Gasteiger partial charge in [-0.2, -0.15) is 0 Å². The Morgan fingerprint density at radius 1 is 1.38 bits per heavy atom. The molecule has 114 valence electrons. The number of methoxy groups -OCH3 is 1. The first kappa shape index (κ1) is 15.2. The van der Waals surface area contributed by atoms with Crippen molar-refractivity contribution in [3.05, 3.63) is 17.8 Å². The van der Waals surface area contributed by atoms with Crippen molar-refractivity contribution in [1.82, 2.24) is 9.88 Å². The van der Waals surface area contributed by atoms with Crippen LogP contribution in [0.4, 0.5) is 5.82 Å². The van der Waals surface area contributed by atoms with Crippen LogP contribution < -0.4 is 10.5 Å². The van der Waals surface area contributed by atoms with E-state index in [0.717, 1.165) is 25.9 Å². The molecular weight excluding hydrogens is 270 g/mol. The first-order valence-corrected chi connectivity index (χ1v) is 6.84. The minimum Gasteiger partial charge on any atom is -0.493 e. The SMILES string of the molecule is COc1cc(C(=N)OC(=N)C2CCN(C)CC2)cnc1N. The maximum atomic E-state index is 8.01. The average Bonchev–Trinajstić information content (AvgIpc) is 2.48. The zero-order chi connectivity index (χ0) is 15.4. The van der Waals surface area contributed by atoms with Gasteiger partial charge in [0.25, 0.3) is 0 Å². The van der Waals surface area contributed by atoms with Crippen LogP contribution >= 0.6 is 0 Å². The Morgan fingerprint density at radius 3 is 2.67 bits per heavy atom. The predicted molar refractivity (Wildman–Crippen MR) is 81.1 cm³/mol. The van der Waals surface area contributed by atoms with E-state index in [1.807, 2.05) is 0 Å². The van der Waals surface area contributed by atoms with Crippen LogP contribution in [0.15, 0.2) is 12.3 Å². The number of rotatable bonds is 3. The third-order valence-electron chi connectivity index (χ3n) is 3.67. The summed E-state index contributed by atoms with van der Waals surface area (Å²) in [6, 6.07) is 1.59. The lowest BCUT2D eigenvalue weighted by Crippen LogP contribution is -2.34. The van der Waals surface area contributed by atoms with E-state index in [4.69, 9.17) is 26.0 Å². The Balaban J connectivity index is 1.99. The quantitative estimate of drug-likeness (QED) is 0.575. The van der Waals surface area contributed by atoms with E-state index in [1.54, 1.807) is 6.07 Å². The lowest BCUT2D eigenvalue weighted by atomic mass is 9.97. The van der Waals surface area contributed by atoms with Gasteiger partial charge in [0.1, 0.15) is 0 Å². The first-order chi connectivity index (χ1) is 10.0. The lowest BCUT2D eigenvalue weighted by Gasteiger charge is -2.28. The molecule has 0 atom stereocenters. The standard InChI is InChI=1S/C14H21N5O2/c1-19-5-3-9(4-6-19)13(16)21-14(17)10-7-11(20-2)12(15)18-8-10/h7-9,16-17H,3-6H2,1-2H3,(H2,15,18). The van der Waals surface area contributed by atoms with Gasteiger partial charge in [-0.05, 0) is 39.0 Å². The molecule has 7 nitrogen and oxygen atoms in total. The second-order valence-electron chi connectivity index (χ2n) is 5.18. The van der Waals surface area contributed by atoms with Gasteiger partial charge in [-0.1, -0.05) is 0 Å². The molecule has 0 aromatic carbocycles. The molecule has 7 heteroatoms. The predicted octanol–water partition coefficient (Wildman–Crippen LogP) is 1.33. The van der Waals surface area contributed by atoms with Gasteiger partial charge < -0.3 is 20.1 Å². The molecule has 1 aromatic heterocycles. The number of hydrogen-bond acceptors (Lipinski definition) is 7. The van der Waals surface area contributed by atoms with E-state index in [1.165, 1.54) is 13.3 Å². The Hall–Kier alpha value is -2.15. The highest BCUT2D eigenvalue weighted by molar-refractivity contribution is 5.99. The van der Waals surface area contributed by atoms with E-state index in [-0.39, 0.29) is 23.5 Å². The fourth-order valence-electron chi connectivity index (χ4n) is 2.27. The van der Waals surface area contributed by atoms with Crippen molar-refractivity contribution in [2.75, 3.05) is 33.0 Å². The number of hydrogen-bond donors (Lipinski definition) is 3. The van der Waals surface area contributed by atoms with Crippen LogP contribution in [-0.2, 0) is 4.74 Å². The number of pyridine rings is 1. The summed E-state index contributed by atoms with van der Waals surface area (Å²) < 4.78 is 10.4. The minimum atomic E-state index is -0.107. The summed E-state index contributed by atoms with van der Waals surface area (Å²) >= 11 is 0. The molecule has 0 bridgehead atoms. The van der Waals surface area contributed by atoms with Crippen molar-refractivity contribution in [2.24, 2.45) is 5.92 Å². The highest BCUT2D eigenvalue weighted by Gasteiger charge is 2.23. The van der Waals surface area contributed by atoms with Crippen molar-refractivity contribution >= 4 is 17.6 Å². The molecule has 4 N–H and O–H groups in total. The molecule has 0 radical (unpaired) electrons. The zero-order valence-corrected chi connectivity index (χ0v) is 12.3. The number of anilines is 1. The van der Waals surface area contributed by atoms with Gasteiger partial charge in [-0.15, -0.1) is 0 Å². The van der Waals surface area contributed by atoms with Gasteiger partial charge in [0.05, 0.1) is 12.7 Å². The summed E-state index contributed by atoms with van der Waals surface area (Å²) in [6.45, 7) is 1.89. The van der Waals surface area contributed by atoms with Gasteiger partial charge >= 0.3 is 0 Å². The molecule has 2 rings (SSSR count). The van der Waals surface area contributed by atoms with Crippen molar-refractivity contribution in [3.63, 3.8) is 0 Å². The van der Waals surface area contributed by atoms with E-state index in [2.05, 4.69) is 16.9 Å². The molecule has 0 aliphatic carbocycles. The number of nitrogens with zero attached hydrogens (tertiary/aromatic N) is 2. The largest absolute Gasteiger partial charge is 0.493 e.